The summed E-state index contributed by atoms with van der Waals surface area (Å²) in [7, 11) is 1.44. The van der Waals surface area contributed by atoms with Gasteiger partial charge in [-0.25, -0.2) is 4.79 Å². The highest BCUT2D eigenvalue weighted by Crippen LogP contribution is 2.42. The fraction of sp³-hybridized carbons (Fsp3) is 0.444. The summed E-state index contributed by atoms with van der Waals surface area (Å²) in [4.78, 5) is 26.2. The van der Waals surface area contributed by atoms with Crippen molar-refractivity contribution in [3.8, 4) is 0 Å². The third kappa shape index (κ3) is 3.01. The van der Waals surface area contributed by atoms with Crippen molar-refractivity contribution < 1.29 is 19.7 Å². The van der Waals surface area contributed by atoms with Gasteiger partial charge in [-0.1, -0.05) is 30.3 Å². The van der Waals surface area contributed by atoms with E-state index in [0.717, 1.165) is 0 Å². The minimum Gasteiger partial charge on any atom is -0.394 e. The van der Waals surface area contributed by atoms with Gasteiger partial charge < -0.3 is 19.7 Å². The van der Waals surface area contributed by atoms with Crippen LogP contribution in [-0.4, -0.2) is 51.8 Å². The summed E-state index contributed by atoms with van der Waals surface area (Å²) in [6.45, 7) is 1.20. The van der Waals surface area contributed by atoms with Gasteiger partial charge in [0.25, 0.3) is 5.56 Å². The van der Waals surface area contributed by atoms with Crippen LogP contribution in [0.25, 0.3) is 0 Å². The van der Waals surface area contributed by atoms with Crippen LogP contribution < -0.4 is 11.2 Å². The van der Waals surface area contributed by atoms with Crippen LogP contribution >= 0.6 is 0 Å². The fourth-order valence-corrected chi connectivity index (χ4v) is 3.51. The average molecular weight is 362 g/mol. The highest BCUT2D eigenvalue weighted by molar-refractivity contribution is 5.27. The Morgan fingerprint density at radius 3 is 2.62 bits per heavy atom. The molecule has 0 bridgehead atoms. The highest BCUT2D eigenvalue weighted by Gasteiger charge is 2.56. The number of hydrogen-bond donors (Lipinski definition) is 3. The monoisotopic (exact) mass is 362 g/mol. The van der Waals surface area contributed by atoms with Crippen LogP contribution in [0.4, 0.5) is 0 Å². The molecular weight excluding hydrogens is 340 g/mol. The molecule has 1 aromatic heterocycles. The number of hydrogen-bond acceptors (Lipinski definition) is 6. The lowest BCUT2D eigenvalue weighted by molar-refractivity contribution is -0.117. The van der Waals surface area contributed by atoms with E-state index in [1.54, 1.807) is 6.92 Å². The van der Waals surface area contributed by atoms with Crippen molar-refractivity contribution in [2.75, 3.05) is 13.7 Å². The molecule has 140 valence electrons. The Balaban J connectivity index is 2.15. The lowest BCUT2D eigenvalue weighted by Gasteiger charge is -2.35. The van der Waals surface area contributed by atoms with E-state index in [-0.39, 0.29) is 6.54 Å². The van der Waals surface area contributed by atoms with Crippen molar-refractivity contribution >= 4 is 0 Å². The molecule has 0 saturated carbocycles. The molecule has 4 atom stereocenters. The summed E-state index contributed by atoms with van der Waals surface area (Å²) in [5, 5.41) is 20.1. The van der Waals surface area contributed by atoms with E-state index >= 15 is 0 Å². The molecule has 8 heteroatoms. The summed E-state index contributed by atoms with van der Waals surface area (Å²) in [5.74, 6) is 0. The molecule has 3 rings (SSSR count). The first-order valence-corrected chi connectivity index (χ1v) is 8.28. The minimum atomic E-state index is -1.21. The van der Waals surface area contributed by atoms with Gasteiger partial charge in [0.2, 0.25) is 0 Å². The molecule has 1 aromatic carbocycles. The molecule has 0 spiro atoms. The van der Waals surface area contributed by atoms with E-state index in [9.17, 15) is 19.8 Å². The number of aromatic amines is 1. The second-order valence-electron chi connectivity index (χ2n) is 6.44. The lowest BCUT2D eigenvalue weighted by atomic mass is 9.86. The van der Waals surface area contributed by atoms with Crippen LogP contribution in [0.5, 0.6) is 0 Å². The van der Waals surface area contributed by atoms with E-state index in [2.05, 4.69) is 4.98 Å². The van der Waals surface area contributed by atoms with Gasteiger partial charge in [0.15, 0.2) is 0 Å². The van der Waals surface area contributed by atoms with Crippen LogP contribution in [0.2, 0.25) is 0 Å². The van der Waals surface area contributed by atoms with Crippen molar-refractivity contribution in [2.45, 2.75) is 37.4 Å². The van der Waals surface area contributed by atoms with Crippen molar-refractivity contribution in [3.63, 3.8) is 0 Å². The van der Waals surface area contributed by atoms with E-state index < -0.39 is 41.8 Å². The van der Waals surface area contributed by atoms with Gasteiger partial charge in [0, 0.05) is 18.9 Å². The van der Waals surface area contributed by atoms with Gasteiger partial charge in [-0.05, 0) is 12.5 Å². The first-order chi connectivity index (χ1) is 12.4. The SMILES string of the molecule is CO[C@@H]1[C@H](O)[C@@H](CO)O[C@@]1(Cn1cc(C)c(=O)[nH]c1=O)c1ccccc1. The van der Waals surface area contributed by atoms with Crippen molar-refractivity contribution in [2.24, 2.45) is 0 Å². The molecule has 3 N–H and O–H groups in total. The van der Waals surface area contributed by atoms with Crippen LogP contribution in [0, 0.1) is 6.92 Å². The second-order valence-corrected chi connectivity index (χ2v) is 6.44. The maximum atomic E-state index is 12.3. The molecule has 1 aliphatic heterocycles. The molecule has 0 aliphatic carbocycles. The second kappa shape index (κ2) is 7.16. The fourth-order valence-electron chi connectivity index (χ4n) is 3.51. The van der Waals surface area contributed by atoms with Crippen molar-refractivity contribution in [1.82, 2.24) is 9.55 Å². The van der Waals surface area contributed by atoms with Crippen LogP contribution in [0.15, 0.2) is 46.1 Å². The molecule has 2 aromatic rings. The van der Waals surface area contributed by atoms with Crippen molar-refractivity contribution in [3.05, 3.63) is 68.5 Å². The number of ether oxygens (including phenoxy) is 2. The minimum absolute atomic E-state index is 0.000463. The maximum absolute atomic E-state index is 12.3. The highest BCUT2D eigenvalue weighted by atomic mass is 16.6. The predicted octanol–water partition coefficient (Wildman–Crippen LogP) is -0.492. The number of methoxy groups -OCH3 is 1. The number of rotatable bonds is 5. The largest absolute Gasteiger partial charge is 0.394 e. The first-order valence-electron chi connectivity index (χ1n) is 8.28. The normalized spacial score (nSPS) is 28.4. The molecule has 2 heterocycles. The Morgan fingerprint density at radius 2 is 2.00 bits per heavy atom. The van der Waals surface area contributed by atoms with Gasteiger partial charge in [-0.3, -0.25) is 14.3 Å². The summed E-state index contributed by atoms with van der Waals surface area (Å²) in [6, 6.07) is 9.08. The summed E-state index contributed by atoms with van der Waals surface area (Å²) < 4.78 is 12.9. The summed E-state index contributed by atoms with van der Waals surface area (Å²) in [6.07, 6.45) is -1.31. The topological polar surface area (TPSA) is 114 Å². The zero-order valence-electron chi connectivity index (χ0n) is 14.6. The van der Waals surface area contributed by atoms with Crippen LogP contribution in [0.3, 0.4) is 0 Å². The average Bonchev–Trinajstić information content (AvgIpc) is 2.92. The molecule has 0 unspecified atom stereocenters. The number of H-pyrrole nitrogens is 1. The van der Waals surface area contributed by atoms with E-state index in [1.165, 1.54) is 17.9 Å². The standard InChI is InChI=1S/C18H22N2O6/c1-11-8-20(17(24)19-16(11)23)10-18(12-6-4-3-5-7-12)15(25-2)14(22)13(9-21)26-18/h3-8,13-15,21-22H,9-10H2,1-2H3,(H,19,23,24)/t13-,14-,15-,18+/m1/s1. The van der Waals surface area contributed by atoms with E-state index in [0.29, 0.717) is 11.1 Å². The number of aromatic nitrogens is 2. The Bertz CT molecular complexity index is 877. The van der Waals surface area contributed by atoms with Gasteiger partial charge >= 0.3 is 5.69 Å². The van der Waals surface area contributed by atoms with Gasteiger partial charge in [-0.2, -0.15) is 0 Å². The van der Waals surface area contributed by atoms with Crippen LogP contribution in [-0.2, 0) is 21.6 Å². The van der Waals surface area contributed by atoms with Gasteiger partial charge in [-0.15, -0.1) is 0 Å². The number of aliphatic hydroxyl groups excluding tert-OH is 2. The first kappa shape index (κ1) is 18.5. The number of benzene rings is 1. The number of aliphatic hydroxyl groups is 2. The predicted molar refractivity (Wildman–Crippen MR) is 92.9 cm³/mol. The Kier molecular flexibility index (Phi) is 5.10. The smallest absolute Gasteiger partial charge is 0.328 e. The Morgan fingerprint density at radius 1 is 1.31 bits per heavy atom. The van der Waals surface area contributed by atoms with Gasteiger partial charge in [0.1, 0.15) is 23.9 Å². The van der Waals surface area contributed by atoms with Crippen LogP contribution in [0.1, 0.15) is 11.1 Å². The quantitative estimate of drug-likeness (QED) is 0.661. The third-order valence-electron chi connectivity index (χ3n) is 4.80. The zero-order valence-corrected chi connectivity index (χ0v) is 14.6. The summed E-state index contributed by atoms with van der Waals surface area (Å²) >= 11 is 0. The number of aryl methyl sites for hydroxylation is 1. The molecular formula is C18H22N2O6. The molecule has 0 amide bonds. The molecule has 1 saturated heterocycles. The molecule has 26 heavy (non-hydrogen) atoms. The maximum Gasteiger partial charge on any atom is 0.328 e. The molecule has 8 nitrogen and oxygen atoms in total. The molecule has 0 radical (unpaired) electrons. The van der Waals surface area contributed by atoms with Gasteiger partial charge in [0.05, 0.1) is 13.2 Å². The van der Waals surface area contributed by atoms with Crippen molar-refractivity contribution in [1.29, 1.82) is 0 Å². The molecule has 1 fully saturated rings. The van der Waals surface area contributed by atoms with E-state index in [4.69, 9.17) is 9.47 Å². The molecule has 1 aliphatic rings. The third-order valence-corrected chi connectivity index (χ3v) is 4.80. The number of nitrogens with zero attached hydrogens (tertiary/aromatic N) is 1. The Labute approximate surface area is 149 Å². The Hall–Kier alpha value is -2.26. The number of nitrogens with one attached hydrogen (secondary N) is 1. The lowest BCUT2D eigenvalue weighted by Crippen LogP contribution is -2.47. The summed E-state index contributed by atoms with van der Waals surface area (Å²) in [5.41, 5.74) is -1.19. The zero-order chi connectivity index (χ0) is 18.9. The van der Waals surface area contributed by atoms with E-state index in [1.807, 2.05) is 30.3 Å².